The fourth-order valence-electron chi connectivity index (χ4n) is 3.07. The Morgan fingerprint density at radius 2 is 2.05 bits per heavy atom. The van der Waals surface area contributed by atoms with Crippen molar-refractivity contribution in [2.45, 2.75) is 40.0 Å². The van der Waals surface area contributed by atoms with E-state index in [4.69, 9.17) is 4.42 Å². The fourth-order valence-corrected chi connectivity index (χ4v) is 3.07. The van der Waals surface area contributed by atoms with Gasteiger partial charge in [-0.2, -0.15) is 5.10 Å². The number of amides is 1. The van der Waals surface area contributed by atoms with Crippen LogP contribution in [0, 0.1) is 20.8 Å². The lowest BCUT2D eigenvalue weighted by Crippen LogP contribution is -2.22. The molecular formula is C18H20N2O2. The lowest BCUT2D eigenvalue weighted by atomic mass is 9.86. The van der Waals surface area contributed by atoms with E-state index < -0.39 is 0 Å². The molecule has 0 saturated carbocycles. The van der Waals surface area contributed by atoms with Gasteiger partial charge >= 0.3 is 0 Å². The molecular weight excluding hydrogens is 276 g/mol. The van der Waals surface area contributed by atoms with E-state index in [2.05, 4.69) is 36.5 Å². The van der Waals surface area contributed by atoms with Crippen LogP contribution in [-0.4, -0.2) is 11.6 Å². The smallest absolute Gasteiger partial charge is 0.274 e. The van der Waals surface area contributed by atoms with Gasteiger partial charge in [-0.15, -0.1) is 0 Å². The summed E-state index contributed by atoms with van der Waals surface area (Å²) in [5.74, 6) is 0.378. The van der Waals surface area contributed by atoms with Crippen LogP contribution >= 0.6 is 0 Å². The van der Waals surface area contributed by atoms with Gasteiger partial charge in [-0.05, 0) is 63.3 Å². The second-order valence-electron chi connectivity index (χ2n) is 5.85. The molecule has 4 nitrogen and oxygen atoms in total. The Morgan fingerprint density at radius 1 is 1.23 bits per heavy atom. The van der Waals surface area contributed by atoms with Gasteiger partial charge in [0.1, 0.15) is 5.76 Å². The number of hydrogen-bond donors (Lipinski definition) is 1. The zero-order valence-electron chi connectivity index (χ0n) is 13.2. The summed E-state index contributed by atoms with van der Waals surface area (Å²) < 4.78 is 5.16. The topological polar surface area (TPSA) is 54.6 Å². The Kier molecular flexibility index (Phi) is 3.84. The minimum atomic E-state index is -0.227. The predicted molar refractivity (Wildman–Crippen MR) is 86.3 cm³/mol. The van der Waals surface area contributed by atoms with Gasteiger partial charge in [-0.1, -0.05) is 11.6 Å². The molecule has 0 fully saturated rings. The average molecular weight is 296 g/mol. The van der Waals surface area contributed by atoms with Gasteiger partial charge in [0, 0.05) is 5.56 Å². The van der Waals surface area contributed by atoms with Crippen molar-refractivity contribution < 1.29 is 9.21 Å². The normalized spacial score (nSPS) is 15.7. The van der Waals surface area contributed by atoms with Crippen LogP contribution in [0.25, 0.3) is 0 Å². The van der Waals surface area contributed by atoms with Crippen molar-refractivity contribution in [3.8, 4) is 0 Å². The van der Waals surface area contributed by atoms with E-state index in [1.54, 1.807) is 13.0 Å². The van der Waals surface area contributed by atoms with E-state index >= 15 is 0 Å². The highest BCUT2D eigenvalue weighted by atomic mass is 16.3. The zero-order chi connectivity index (χ0) is 15.7. The van der Waals surface area contributed by atoms with Gasteiger partial charge in [-0.25, -0.2) is 5.43 Å². The third kappa shape index (κ3) is 2.69. The summed E-state index contributed by atoms with van der Waals surface area (Å²) in [6.45, 7) is 6.00. The van der Waals surface area contributed by atoms with Crippen LogP contribution < -0.4 is 5.43 Å². The van der Waals surface area contributed by atoms with E-state index in [9.17, 15) is 4.79 Å². The van der Waals surface area contributed by atoms with E-state index in [0.29, 0.717) is 11.3 Å². The highest BCUT2D eigenvalue weighted by Crippen LogP contribution is 2.26. The minimum Gasteiger partial charge on any atom is -0.469 e. The van der Waals surface area contributed by atoms with Crippen LogP contribution in [0.2, 0.25) is 0 Å². The lowest BCUT2D eigenvalue weighted by molar-refractivity contribution is 0.0953. The molecule has 1 N–H and O–H groups in total. The Labute approximate surface area is 130 Å². The Morgan fingerprint density at radius 3 is 2.77 bits per heavy atom. The summed E-state index contributed by atoms with van der Waals surface area (Å²) >= 11 is 0. The van der Waals surface area contributed by atoms with Crippen LogP contribution in [-0.2, 0) is 6.42 Å². The molecule has 4 heteroatoms. The van der Waals surface area contributed by atoms with E-state index in [0.717, 1.165) is 25.0 Å². The van der Waals surface area contributed by atoms with Crippen LogP contribution in [0.1, 0.15) is 51.2 Å². The van der Waals surface area contributed by atoms with E-state index in [-0.39, 0.29) is 5.91 Å². The molecule has 1 aliphatic carbocycles. The standard InChI is InChI=1S/C18H20N2O2/c1-11-9-12(2)14-5-4-6-17(16(14)10-11)19-20-18(21)15-7-8-22-13(15)3/h7-10H,4-6H2,1-3H3,(H,20,21). The van der Waals surface area contributed by atoms with Crippen LogP contribution in [0.3, 0.4) is 0 Å². The minimum absolute atomic E-state index is 0.227. The maximum atomic E-state index is 12.1. The molecule has 114 valence electrons. The van der Waals surface area contributed by atoms with E-state index in [1.165, 1.54) is 28.5 Å². The number of carbonyl (C=O) groups excluding carboxylic acids is 1. The molecule has 0 atom stereocenters. The maximum Gasteiger partial charge on any atom is 0.274 e. The number of hydrazone groups is 1. The second kappa shape index (κ2) is 5.79. The predicted octanol–water partition coefficient (Wildman–Crippen LogP) is 3.68. The third-order valence-corrected chi connectivity index (χ3v) is 4.16. The highest BCUT2D eigenvalue weighted by Gasteiger charge is 2.18. The van der Waals surface area contributed by atoms with Gasteiger partial charge in [0.2, 0.25) is 0 Å². The molecule has 1 amide bonds. The van der Waals surface area contributed by atoms with Crippen LogP contribution in [0.15, 0.2) is 34.0 Å². The number of nitrogens with one attached hydrogen (secondary N) is 1. The van der Waals surface area contributed by atoms with Crippen molar-refractivity contribution in [3.05, 3.63) is 58.0 Å². The number of hydrogen-bond acceptors (Lipinski definition) is 3. The molecule has 1 aromatic heterocycles. The monoisotopic (exact) mass is 296 g/mol. The Bertz CT molecular complexity index is 756. The first-order valence-electron chi connectivity index (χ1n) is 7.57. The zero-order valence-corrected chi connectivity index (χ0v) is 13.2. The number of nitrogens with zero attached hydrogens (tertiary/aromatic N) is 1. The largest absolute Gasteiger partial charge is 0.469 e. The number of rotatable bonds is 2. The van der Waals surface area contributed by atoms with Crippen molar-refractivity contribution in [2.75, 3.05) is 0 Å². The Hall–Kier alpha value is -2.36. The van der Waals surface area contributed by atoms with Crippen molar-refractivity contribution in [1.29, 1.82) is 0 Å². The summed E-state index contributed by atoms with van der Waals surface area (Å²) in [4.78, 5) is 12.1. The number of carbonyl (C=O) groups is 1. The van der Waals surface area contributed by atoms with Gasteiger partial charge in [0.05, 0.1) is 17.5 Å². The Balaban J connectivity index is 1.88. The first kappa shape index (κ1) is 14.6. The number of fused-ring (bicyclic) bond motifs is 1. The molecule has 0 unspecified atom stereocenters. The van der Waals surface area contributed by atoms with Crippen molar-refractivity contribution in [2.24, 2.45) is 5.10 Å². The van der Waals surface area contributed by atoms with Gasteiger partial charge in [0.25, 0.3) is 5.91 Å². The van der Waals surface area contributed by atoms with E-state index in [1.807, 2.05) is 0 Å². The van der Waals surface area contributed by atoms with Gasteiger partial charge in [0.15, 0.2) is 0 Å². The lowest BCUT2D eigenvalue weighted by Gasteiger charge is -2.20. The van der Waals surface area contributed by atoms with Crippen molar-refractivity contribution >= 4 is 11.6 Å². The molecule has 0 radical (unpaired) electrons. The molecule has 2 aromatic rings. The molecule has 0 bridgehead atoms. The quantitative estimate of drug-likeness (QED) is 0.860. The SMILES string of the molecule is Cc1cc(C)c2c(c1)C(=NNC(=O)c1ccoc1C)CCC2. The van der Waals surface area contributed by atoms with Crippen LogP contribution in [0.4, 0.5) is 0 Å². The molecule has 1 heterocycles. The average Bonchev–Trinajstić information content (AvgIpc) is 2.91. The summed E-state index contributed by atoms with van der Waals surface area (Å²) in [6.07, 6.45) is 4.55. The molecule has 0 aliphatic heterocycles. The maximum absolute atomic E-state index is 12.1. The van der Waals surface area contributed by atoms with Crippen molar-refractivity contribution in [3.63, 3.8) is 0 Å². The molecule has 0 saturated heterocycles. The molecule has 0 spiro atoms. The van der Waals surface area contributed by atoms with Gasteiger partial charge < -0.3 is 4.42 Å². The molecule has 1 aromatic carbocycles. The summed E-state index contributed by atoms with van der Waals surface area (Å²) in [5, 5.41) is 4.38. The fraction of sp³-hybridized carbons (Fsp3) is 0.333. The molecule has 1 aliphatic rings. The highest BCUT2D eigenvalue weighted by molar-refractivity contribution is 6.04. The molecule has 3 rings (SSSR count). The third-order valence-electron chi connectivity index (χ3n) is 4.16. The first-order valence-corrected chi connectivity index (χ1v) is 7.57. The first-order chi connectivity index (χ1) is 10.6. The number of furan rings is 1. The van der Waals surface area contributed by atoms with Crippen molar-refractivity contribution in [1.82, 2.24) is 5.43 Å². The summed E-state index contributed by atoms with van der Waals surface area (Å²) in [7, 11) is 0. The summed E-state index contributed by atoms with van der Waals surface area (Å²) in [6, 6.07) is 6.03. The second-order valence-corrected chi connectivity index (χ2v) is 5.85. The summed E-state index contributed by atoms with van der Waals surface area (Å²) in [5.41, 5.74) is 9.21. The number of aryl methyl sites for hydroxylation is 3. The molecule has 22 heavy (non-hydrogen) atoms. The number of benzene rings is 1. The van der Waals surface area contributed by atoms with Gasteiger partial charge in [-0.3, -0.25) is 4.79 Å². The van der Waals surface area contributed by atoms with Crippen LogP contribution in [0.5, 0.6) is 0 Å².